The fourth-order valence-electron chi connectivity index (χ4n) is 2.37. The first-order valence-electron chi connectivity index (χ1n) is 7.66. The van der Waals surface area contributed by atoms with E-state index >= 15 is 0 Å². The number of hydrogen-bond donors (Lipinski definition) is 2. The average molecular weight is 390 g/mol. The summed E-state index contributed by atoms with van der Waals surface area (Å²) in [6.07, 6.45) is 1.01. The van der Waals surface area contributed by atoms with Crippen LogP contribution in [0.5, 0.6) is 5.75 Å². The lowest BCUT2D eigenvalue weighted by atomic mass is 10.2. The molecule has 138 valence electrons. The second kappa shape index (κ2) is 7.46. The van der Waals surface area contributed by atoms with E-state index < -0.39 is 23.0 Å². The number of anilines is 1. The number of methoxy groups -OCH3 is 1. The Bertz CT molecular complexity index is 1120. The molecule has 7 nitrogen and oxygen atoms in total. The fourth-order valence-corrected chi connectivity index (χ4v) is 2.49. The van der Waals surface area contributed by atoms with Crippen LogP contribution in [0.4, 0.5) is 10.1 Å². The summed E-state index contributed by atoms with van der Waals surface area (Å²) >= 11 is 5.60. The van der Waals surface area contributed by atoms with Crippen molar-refractivity contribution in [2.75, 3.05) is 12.4 Å². The minimum atomic E-state index is -0.823. The highest BCUT2D eigenvalue weighted by Crippen LogP contribution is 2.19. The first kappa shape index (κ1) is 18.4. The molecular formula is C18H13ClFN3O4. The van der Waals surface area contributed by atoms with E-state index in [4.69, 9.17) is 16.3 Å². The maximum Gasteiger partial charge on any atom is 0.333 e. The number of hydrogen-bond acceptors (Lipinski definition) is 4. The highest BCUT2D eigenvalue weighted by atomic mass is 35.5. The van der Waals surface area contributed by atoms with Crippen LogP contribution in [0.3, 0.4) is 0 Å². The van der Waals surface area contributed by atoms with Crippen molar-refractivity contribution in [2.45, 2.75) is 0 Å². The second-order valence-corrected chi connectivity index (χ2v) is 5.84. The van der Waals surface area contributed by atoms with Gasteiger partial charge in [-0.25, -0.2) is 13.8 Å². The van der Waals surface area contributed by atoms with Crippen LogP contribution in [0.15, 0.2) is 58.3 Å². The van der Waals surface area contributed by atoms with E-state index in [9.17, 15) is 18.8 Å². The van der Waals surface area contributed by atoms with E-state index in [1.807, 2.05) is 0 Å². The normalized spacial score (nSPS) is 10.5. The molecule has 2 N–H and O–H groups in total. The van der Waals surface area contributed by atoms with Gasteiger partial charge in [0.2, 0.25) is 0 Å². The number of benzene rings is 2. The maximum absolute atomic E-state index is 13.5. The number of amides is 1. The van der Waals surface area contributed by atoms with Crippen LogP contribution in [0.2, 0.25) is 5.02 Å². The van der Waals surface area contributed by atoms with Gasteiger partial charge in [-0.15, -0.1) is 0 Å². The zero-order chi connectivity index (χ0) is 19.6. The van der Waals surface area contributed by atoms with Crippen molar-refractivity contribution in [2.24, 2.45) is 0 Å². The molecule has 0 saturated carbocycles. The summed E-state index contributed by atoms with van der Waals surface area (Å²) in [5.74, 6) is -0.978. The molecule has 0 aliphatic carbocycles. The molecule has 0 atom stereocenters. The summed E-state index contributed by atoms with van der Waals surface area (Å²) < 4.78 is 19.4. The van der Waals surface area contributed by atoms with Crippen LogP contribution in [0, 0.1) is 5.82 Å². The van der Waals surface area contributed by atoms with Crippen molar-refractivity contribution >= 4 is 23.2 Å². The Kier molecular flexibility index (Phi) is 5.09. The Morgan fingerprint density at radius 3 is 2.52 bits per heavy atom. The Hall–Kier alpha value is -3.39. The van der Waals surface area contributed by atoms with Crippen LogP contribution in [0.25, 0.3) is 5.69 Å². The monoisotopic (exact) mass is 389 g/mol. The molecule has 0 fully saturated rings. The molecule has 27 heavy (non-hydrogen) atoms. The zero-order valence-corrected chi connectivity index (χ0v) is 14.7. The van der Waals surface area contributed by atoms with Gasteiger partial charge in [-0.3, -0.25) is 9.59 Å². The highest BCUT2D eigenvalue weighted by Gasteiger charge is 2.16. The number of rotatable bonds is 4. The highest BCUT2D eigenvalue weighted by molar-refractivity contribution is 6.30. The molecule has 3 aromatic rings. The van der Waals surface area contributed by atoms with Crippen LogP contribution in [0.1, 0.15) is 10.4 Å². The van der Waals surface area contributed by atoms with E-state index in [-0.39, 0.29) is 22.0 Å². The smallest absolute Gasteiger partial charge is 0.333 e. The number of nitrogens with one attached hydrogen (secondary N) is 2. The molecule has 0 unspecified atom stereocenters. The number of carbonyl (C=O) groups is 1. The van der Waals surface area contributed by atoms with Gasteiger partial charge in [0.05, 0.1) is 17.8 Å². The van der Waals surface area contributed by atoms with Gasteiger partial charge < -0.3 is 15.0 Å². The minimum Gasteiger partial charge on any atom is -0.497 e. The van der Waals surface area contributed by atoms with Crippen LogP contribution >= 0.6 is 11.6 Å². The third-order valence-corrected chi connectivity index (χ3v) is 4.04. The lowest BCUT2D eigenvalue weighted by Gasteiger charge is -2.09. The molecular weight excluding hydrogens is 377 g/mol. The van der Waals surface area contributed by atoms with Gasteiger partial charge in [0, 0.05) is 11.9 Å². The minimum absolute atomic E-state index is 0.0982. The first-order chi connectivity index (χ1) is 12.9. The van der Waals surface area contributed by atoms with Crippen molar-refractivity contribution in [3.63, 3.8) is 0 Å². The molecule has 1 aromatic heterocycles. The number of aromatic amines is 1. The third-order valence-electron chi connectivity index (χ3n) is 3.73. The van der Waals surface area contributed by atoms with Crippen LogP contribution < -0.4 is 21.3 Å². The first-order valence-corrected chi connectivity index (χ1v) is 8.04. The fraction of sp³-hybridized carbons (Fsp3) is 0.0556. The van der Waals surface area contributed by atoms with Gasteiger partial charge in [0.25, 0.3) is 11.5 Å². The predicted octanol–water partition coefficient (Wildman–Crippen LogP) is 2.58. The molecule has 0 radical (unpaired) electrons. The van der Waals surface area contributed by atoms with Crippen molar-refractivity contribution in [1.29, 1.82) is 0 Å². The molecule has 9 heteroatoms. The second-order valence-electron chi connectivity index (χ2n) is 5.43. The largest absolute Gasteiger partial charge is 0.497 e. The Balaban J connectivity index is 1.98. The van der Waals surface area contributed by atoms with Gasteiger partial charge in [0.1, 0.15) is 17.1 Å². The topological polar surface area (TPSA) is 93.2 Å². The van der Waals surface area contributed by atoms with Crippen molar-refractivity contribution < 1.29 is 13.9 Å². The Labute approximate surface area is 157 Å². The molecule has 0 aliphatic rings. The SMILES string of the molecule is COc1ccc(-n2c(=O)[nH]cc(C(=O)Nc3ccc(Cl)c(F)c3)c2=O)cc1. The maximum atomic E-state index is 13.5. The number of nitrogens with zero attached hydrogens (tertiary/aromatic N) is 1. The molecule has 0 saturated heterocycles. The van der Waals surface area contributed by atoms with Gasteiger partial charge in [-0.1, -0.05) is 11.6 Å². The number of halogens is 2. The lowest BCUT2D eigenvalue weighted by molar-refractivity contribution is 0.102. The Morgan fingerprint density at radius 1 is 1.19 bits per heavy atom. The summed E-state index contributed by atoms with van der Waals surface area (Å²) in [4.78, 5) is 39.5. The number of carbonyl (C=O) groups excluding carboxylic acids is 1. The molecule has 0 bridgehead atoms. The van der Waals surface area contributed by atoms with E-state index in [1.165, 1.54) is 31.4 Å². The van der Waals surface area contributed by atoms with E-state index in [0.717, 1.165) is 16.8 Å². The van der Waals surface area contributed by atoms with Crippen molar-refractivity contribution in [3.05, 3.63) is 85.9 Å². The molecule has 2 aromatic carbocycles. The standard InChI is InChI=1S/C18H13ClFN3O4/c1-27-12-5-3-11(4-6-12)23-17(25)13(9-21-18(23)26)16(24)22-10-2-7-14(19)15(20)8-10/h2-9H,1H3,(H,21,26)(H,22,24). The lowest BCUT2D eigenvalue weighted by Crippen LogP contribution is -2.38. The summed E-state index contributed by atoms with van der Waals surface area (Å²) in [6.45, 7) is 0. The Morgan fingerprint density at radius 2 is 1.89 bits per heavy atom. The number of aromatic nitrogens is 2. The summed E-state index contributed by atoms with van der Waals surface area (Å²) in [5, 5.41) is 2.29. The summed E-state index contributed by atoms with van der Waals surface area (Å²) in [6, 6.07) is 9.84. The van der Waals surface area contributed by atoms with E-state index in [2.05, 4.69) is 10.3 Å². The third kappa shape index (κ3) is 3.75. The summed E-state index contributed by atoms with van der Waals surface area (Å²) in [7, 11) is 1.48. The average Bonchev–Trinajstić information content (AvgIpc) is 2.65. The van der Waals surface area contributed by atoms with Crippen molar-refractivity contribution in [3.8, 4) is 11.4 Å². The molecule has 1 heterocycles. The van der Waals surface area contributed by atoms with Crippen molar-refractivity contribution in [1.82, 2.24) is 9.55 Å². The van der Waals surface area contributed by atoms with Gasteiger partial charge >= 0.3 is 5.69 Å². The van der Waals surface area contributed by atoms with E-state index in [1.54, 1.807) is 12.1 Å². The molecule has 0 aliphatic heterocycles. The molecule has 0 spiro atoms. The zero-order valence-electron chi connectivity index (χ0n) is 14.0. The van der Waals surface area contributed by atoms with Gasteiger partial charge in [0.15, 0.2) is 0 Å². The van der Waals surface area contributed by atoms with Crippen LogP contribution in [-0.2, 0) is 0 Å². The van der Waals surface area contributed by atoms with E-state index in [0.29, 0.717) is 5.75 Å². The number of ether oxygens (including phenoxy) is 1. The van der Waals surface area contributed by atoms with Crippen LogP contribution in [-0.4, -0.2) is 22.6 Å². The quantitative estimate of drug-likeness (QED) is 0.717. The number of H-pyrrole nitrogens is 1. The van der Waals surface area contributed by atoms with Gasteiger partial charge in [-0.05, 0) is 42.5 Å². The molecule has 3 rings (SSSR count). The molecule has 1 amide bonds. The van der Waals surface area contributed by atoms with Gasteiger partial charge in [-0.2, -0.15) is 0 Å². The predicted molar refractivity (Wildman–Crippen MR) is 98.6 cm³/mol. The summed E-state index contributed by atoms with van der Waals surface area (Å²) in [5.41, 5.74) is -1.48.